The first-order chi connectivity index (χ1) is 6.32. The third kappa shape index (κ3) is 2.18. The summed E-state index contributed by atoms with van der Waals surface area (Å²) in [5.41, 5.74) is -0.499. The van der Waals surface area contributed by atoms with Gasteiger partial charge < -0.3 is 10.0 Å². The predicted octanol–water partition coefficient (Wildman–Crippen LogP) is 2.25. The fourth-order valence-corrected chi connectivity index (χ4v) is 1.33. The van der Waals surface area contributed by atoms with Crippen LogP contribution >= 0.6 is 0 Å². The molecule has 80 valence electrons. The molecule has 0 spiro atoms. The molecule has 1 saturated heterocycles. The van der Waals surface area contributed by atoms with E-state index in [9.17, 15) is 18.0 Å². The number of nitrogens with zero attached hydrogens (tertiary/aromatic N) is 1. The van der Waals surface area contributed by atoms with Gasteiger partial charge in [0.25, 0.3) is 0 Å². The van der Waals surface area contributed by atoms with E-state index in [1.165, 1.54) is 0 Å². The van der Waals surface area contributed by atoms with E-state index in [2.05, 4.69) is 0 Å². The molecule has 1 heterocycles. The van der Waals surface area contributed by atoms with Gasteiger partial charge >= 0.3 is 12.3 Å². The van der Waals surface area contributed by atoms with Crippen LogP contribution in [0.25, 0.3) is 0 Å². The van der Waals surface area contributed by atoms with Crippen LogP contribution in [0.3, 0.4) is 0 Å². The van der Waals surface area contributed by atoms with Crippen LogP contribution in [-0.2, 0) is 0 Å². The zero-order valence-electron chi connectivity index (χ0n) is 7.56. The lowest BCUT2D eigenvalue weighted by molar-refractivity contribution is -0.0922. The Morgan fingerprint density at radius 3 is 2.43 bits per heavy atom. The van der Waals surface area contributed by atoms with Gasteiger partial charge in [0, 0.05) is 18.7 Å². The minimum Gasteiger partial charge on any atom is -0.465 e. The Labute approximate surface area is 78.8 Å². The number of carboxylic acid groups (broad SMARTS) is 1. The van der Waals surface area contributed by atoms with E-state index < -0.39 is 17.8 Å². The van der Waals surface area contributed by atoms with Gasteiger partial charge in [-0.2, -0.15) is 13.2 Å². The van der Waals surface area contributed by atoms with Gasteiger partial charge in [-0.25, -0.2) is 4.79 Å². The van der Waals surface area contributed by atoms with Gasteiger partial charge in [-0.3, -0.25) is 0 Å². The molecule has 0 aromatic rings. The molecule has 0 atom stereocenters. The van der Waals surface area contributed by atoms with Crippen LogP contribution in [0.1, 0.15) is 13.3 Å². The first-order valence-electron chi connectivity index (χ1n) is 4.06. The molecule has 6 heteroatoms. The summed E-state index contributed by atoms with van der Waals surface area (Å²) in [4.78, 5) is 11.4. The smallest absolute Gasteiger partial charge is 0.412 e. The monoisotopic (exact) mass is 209 g/mol. The number of hydrogen-bond acceptors (Lipinski definition) is 1. The fourth-order valence-electron chi connectivity index (χ4n) is 1.33. The fraction of sp³-hybridized carbons (Fsp3) is 0.625. The molecule has 0 aromatic heterocycles. The molecule has 1 aliphatic heterocycles. The molecule has 1 rings (SSSR count). The molecule has 0 saturated carbocycles. The lowest BCUT2D eigenvalue weighted by Crippen LogP contribution is -2.26. The number of halogens is 3. The van der Waals surface area contributed by atoms with Crippen LogP contribution in [0, 0.1) is 0 Å². The van der Waals surface area contributed by atoms with E-state index in [1.807, 2.05) is 0 Å². The standard InChI is InChI=1S/C8H10F3NO2/c1-5(8(9,10)11)6-2-3-12(4-6)7(13)14/h2-4H2,1H3,(H,13,14). The lowest BCUT2D eigenvalue weighted by Gasteiger charge is -2.11. The second kappa shape index (κ2) is 3.51. The molecule has 0 aromatic carbocycles. The Kier molecular flexibility index (Phi) is 2.73. The number of hydrogen-bond donors (Lipinski definition) is 1. The first kappa shape index (κ1) is 10.9. The molecular formula is C8H10F3NO2. The molecule has 14 heavy (non-hydrogen) atoms. The zero-order valence-corrected chi connectivity index (χ0v) is 7.56. The Bertz CT molecular complexity index is 283. The third-order valence-corrected chi connectivity index (χ3v) is 2.29. The van der Waals surface area contributed by atoms with Gasteiger partial charge in [-0.05, 0) is 18.9 Å². The maximum Gasteiger partial charge on any atom is 0.412 e. The third-order valence-electron chi connectivity index (χ3n) is 2.29. The molecule has 1 N–H and O–H groups in total. The van der Waals surface area contributed by atoms with E-state index >= 15 is 0 Å². The second-order valence-electron chi connectivity index (χ2n) is 3.18. The van der Waals surface area contributed by atoms with Crippen molar-refractivity contribution >= 4 is 6.09 Å². The van der Waals surface area contributed by atoms with Gasteiger partial charge in [0.2, 0.25) is 0 Å². The van der Waals surface area contributed by atoms with Gasteiger partial charge in [-0.15, -0.1) is 0 Å². The SMILES string of the molecule is CC(=C1CCN(C(=O)O)C1)C(F)(F)F. The van der Waals surface area contributed by atoms with Crippen molar-refractivity contribution in [3.8, 4) is 0 Å². The van der Waals surface area contributed by atoms with Crippen molar-refractivity contribution in [3.63, 3.8) is 0 Å². The van der Waals surface area contributed by atoms with Crippen molar-refractivity contribution in [1.29, 1.82) is 0 Å². The van der Waals surface area contributed by atoms with Crippen LogP contribution in [0.4, 0.5) is 18.0 Å². The highest BCUT2D eigenvalue weighted by Crippen LogP contribution is 2.31. The van der Waals surface area contributed by atoms with Crippen LogP contribution in [0.5, 0.6) is 0 Å². The minimum absolute atomic E-state index is 0.124. The Morgan fingerprint density at radius 1 is 1.50 bits per heavy atom. The van der Waals surface area contributed by atoms with Crippen LogP contribution in [0.15, 0.2) is 11.1 Å². The quantitative estimate of drug-likeness (QED) is 0.621. The Morgan fingerprint density at radius 2 is 2.07 bits per heavy atom. The van der Waals surface area contributed by atoms with Crippen molar-refractivity contribution in [3.05, 3.63) is 11.1 Å². The van der Waals surface area contributed by atoms with Crippen LogP contribution in [-0.4, -0.2) is 35.4 Å². The van der Waals surface area contributed by atoms with Crippen molar-refractivity contribution in [2.75, 3.05) is 13.1 Å². The molecule has 0 radical (unpaired) electrons. The molecule has 0 unspecified atom stereocenters. The minimum atomic E-state index is -4.34. The number of amides is 1. The molecular weight excluding hydrogens is 199 g/mol. The summed E-state index contributed by atoms with van der Waals surface area (Å²) in [7, 11) is 0. The summed E-state index contributed by atoms with van der Waals surface area (Å²) >= 11 is 0. The molecule has 0 bridgehead atoms. The lowest BCUT2D eigenvalue weighted by atomic mass is 10.1. The topological polar surface area (TPSA) is 40.5 Å². The maximum atomic E-state index is 12.2. The largest absolute Gasteiger partial charge is 0.465 e. The highest BCUT2D eigenvalue weighted by molar-refractivity contribution is 5.66. The van der Waals surface area contributed by atoms with E-state index in [0.717, 1.165) is 11.8 Å². The number of alkyl halides is 3. The normalized spacial score (nSPS) is 21.3. The first-order valence-corrected chi connectivity index (χ1v) is 4.06. The van der Waals surface area contributed by atoms with E-state index in [4.69, 9.17) is 5.11 Å². The summed E-state index contributed by atoms with van der Waals surface area (Å²) in [5.74, 6) is 0. The summed E-state index contributed by atoms with van der Waals surface area (Å²) in [6.07, 6.45) is -5.34. The summed E-state index contributed by atoms with van der Waals surface area (Å²) in [6.45, 7) is 1.01. The molecule has 3 nitrogen and oxygen atoms in total. The molecule has 1 aliphatic rings. The number of allylic oxidation sites excluding steroid dienone is 1. The van der Waals surface area contributed by atoms with Gasteiger partial charge in [0.1, 0.15) is 0 Å². The average Bonchev–Trinajstić information content (AvgIpc) is 2.48. The molecule has 1 fully saturated rings. The van der Waals surface area contributed by atoms with Crippen molar-refractivity contribution in [2.24, 2.45) is 0 Å². The maximum absolute atomic E-state index is 12.2. The van der Waals surface area contributed by atoms with Crippen LogP contribution < -0.4 is 0 Å². The highest BCUT2D eigenvalue weighted by Gasteiger charge is 2.35. The summed E-state index contributed by atoms with van der Waals surface area (Å²) in [5, 5.41) is 8.54. The number of carbonyl (C=O) groups is 1. The summed E-state index contributed by atoms with van der Waals surface area (Å²) < 4.78 is 36.6. The highest BCUT2D eigenvalue weighted by atomic mass is 19.4. The molecule has 1 amide bonds. The number of likely N-dealkylation sites (tertiary alicyclic amines) is 1. The van der Waals surface area contributed by atoms with E-state index in [0.29, 0.717) is 0 Å². The average molecular weight is 209 g/mol. The van der Waals surface area contributed by atoms with Crippen LogP contribution in [0.2, 0.25) is 0 Å². The number of rotatable bonds is 0. The summed E-state index contributed by atoms with van der Waals surface area (Å²) in [6, 6.07) is 0. The van der Waals surface area contributed by atoms with Crippen molar-refractivity contribution in [2.45, 2.75) is 19.5 Å². The zero-order chi connectivity index (χ0) is 10.9. The van der Waals surface area contributed by atoms with Gasteiger partial charge in [0.15, 0.2) is 0 Å². The van der Waals surface area contributed by atoms with Gasteiger partial charge in [0.05, 0.1) is 0 Å². The Hall–Kier alpha value is -1.20. The Balaban J connectivity index is 2.79. The predicted molar refractivity (Wildman–Crippen MR) is 43.0 cm³/mol. The van der Waals surface area contributed by atoms with Crippen molar-refractivity contribution in [1.82, 2.24) is 4.90 Å². The van der Waals surface area contributed by atoms with E-state index in [-0.39, 0.29) is 25.1 Å². The van der Waals surface area contributed by atoms with E-state index in [1.54, 1.807) is 0 Å². The van der Waals surface area contributed by atoms with Gasteiger partial charge in [-0.1, -0.05) is 0 Å². The van der Waals surface area contributed by atoms with Crippen molar-refractivity contribution < 1.29 is 23.1 Å². The second-order valence-corrected chi connectivity index (χ2v) is 3.18. The molecule has 0 aliphatic carbocycles.